The van der Waals surface area contributed by atoms with Crippen molar-refractivity contribution >= 4 is 5.97 Å². The predicted molar refractivity (Wildman–Crippen MR) is 82.3 cm³/mol. The van der Waals surface area contributed by atoms with E-state index in [2.05, 4.69) is 5.32 Å². The first kappa shape index (κ1) is 15.8. The molecule has 0 saturated heterocycles. The van der Waals surface area contributed by atoms with Crippen LogP contribution in [0.3, 0.4) is 0 Å². The molecule has 1 unspecified atom stereocenters. The van der Waals surface area contributed by atoms with Gasteiger partial charge in [0.25, 0.3) is 0 Å². The average molecular weight is 291 g/mol. The number of esters is 1. The Kier molecular flexibility index (Phi) is 5.62. The van der Waals surface area contributed by atoms with E-state index < -0.39 is 6.04 Å². The summed E-state index contributed by atoms with van der Waals surface area (Å²) in [5.74, 6) is 1.27. The van der Waals surface area contributed by atoms with E-state index in [1.54, 1.807) is 0 Å². The van der Waals surface area contributed by atoms with E-state index in [-0.39, 0.29) is 12.1 Å². The lowest BCUT2D eigenvalue weighted by Gasteiger charge is -2.19. The highest BCUT2D eigenvalue weighted by atomic mass is 16.5. The van der Waals surface area contributed by atoms with Crippen LogP contribution in [0.25, 0.3) is 0 Å². The van der Waals surface area contributed by atoms with E-state index in [1.165, 1.54) is 12.8 Å². The summed E-state index contributed by atoms with van der Waals surface area (Å²) in [5, 5.41) is 3.33. The SMILES string of the molecule is CCOC(=O)C(NCC1CC1)c1cccc(OC(C)C)c1. The van der Waals surface area contributed by atoms with Gasteiger partial charge in [-0.15, -0.1) is 0 Å². The number of benzene rings is 1. The molecule has 21 heavy (non-hydrogen) atoms. The van der Waals surface area contributed by atoms with Crippen molar-refractivity contribution < 1.29 is 14.3 Å². The molecule has 0 amide bonds. The number of carbonyl (C=O) groups excluding carboxylic acids is 1. The molecule has 0 aliphatic heterocycles. The number of nitrogens with one attached hydrogen (secondary N) is 1. The molecule has 0 spiro atoms. The molecule has 1 N–H and O–H groups in total. The van der Waals surface area contributed by atoms with Crippen LogP contribution in [0.1, 0.15) is 45.2 Å². The molecular weight excluding hydrogens is 266 g/mol. The van der Waals surface area contributed by atoms with Gasteiger partial charge >= 0.3 is 5.97 Å². The Hall–Kier alpha value is -1.55. The van der Waals surface area contributed by atoms with E-state index in [0.29, 0.717) is 12.5 Å². The van der Waals surface area contributed by atoms with Crippen LogP contribution >= 0.6 is 0 Å². The van der Waals surface area contributed by atoms with Gasteiger partial charge in [-0.05, 0) is 63.8 Å². The molecule has 1 aromatic rings. The number of hydrogen-bond donors (Lipinski definition) is 1. The first-order valence-corrected chi connectivity index (χ1v) is 7.76. The Morgan fingerprint density at radius 2 is 2.14 bits per heavy atom. The molecule has 0 radical (unpaired) electrons. The molecule has 2 rings (SSSR count). The van der Waals surface area contributed by atoms with Gasteiger partial charge in [0, 0.05) is 0 Å². The highest BCUT2D eigenvalue weighted by Gasteiger charge is 2.27. The van der Waals surface area contributed by atoms with Crippen molar-refractivity contribution in [3.05, 3.63) is 29.8 Å². The van der Waals surface area contributed by atoms with Gasteiger partial charge in [0.15, 0.2) is 0 Å². The molecule has 4 nitrogen and oxygen atoms in total. The number of rotatable bonds is 8. The van der Waals surface area contributed by atoms with Gasteiger partial charge in [-0.1, -0.05) is 12.1 Å². The van der Waals surface area contributed by atoms with Crippen LogP contribution in [0.5, 0.6) is 5.75 Å². The Labute approximate surface area is 126 Å². The molecule has 0 heterocycles. The maximum absolute atomic E-state index is 12.2. The van der Waals surface area contributed by atoms with Crippen LogP contribution in [-0.2, 0) is 9.53 Å². The highest BCUT2D eigenvalue weighted by Crippen LogP contribution is 2.29. The second-order valence-corrected chi connectivity index (χ2v) is 5.78. The third-order valence-electron chi connectivity index (χ3n) is 3.39. The predicted octanol–water partition coefficient (Wildman–Crippen LogP) is 3.08. The highest BCUT2D eigenvalue weighted by molar-refractivity contribution is 5.77. The van der Waals surface area contributed by atoms with Gasteiger partial charge in [-0.25, -0.2) is 4.79 Å². The molecular formula is C17H25NO3. The van der Waals surface area contributed by atoms with Gasteiger partial charge < -0.3 is 14.8 Å². The smallest absolute Gasteiger partial charge is 0.327 e. The molecule has 1 atom stereocenters. The molecule has 1 aliphatic rings. The summed E-state index contributed by atoms with van der Waals surface area (Å²) in [6, 6.07) is 7.27. The van der Waals surface area contributed by atoms with Crippen LogP contribution in [0, 0.1) is 5.92 Å². The monoisotopic (exact) mass is 291 g/mol. The van der Waals surface area contributed by atoms with Crippen LogP contribution < -0.4 is 10.1 Å². The van der Waals surface area contributed by atoms with Crippen LogP contribution in [0.2, 0.25) is 0 Å². The minimum atomic E-state index is -0.415. The number of carbonyl (C=O) groups is 1. The average Bonchev–Trinajstić information content (AvgIpc) is 3.23. The fourth-order valence-corrected chi connectivity index (χ4v) is 2.21. The Morgan fingerprint density at radius 1 is 1.38 bits per heavy atom. The zero-order valence-electron chi connectivity index (χ0n) is 13.1. The molecule has 4 heteroatoms. The fraction of sp³-hybridized carbons (Fsp3) is 0.588. The first-order valence-electron chi connectivity index (χ1n) is 7.76. The normalized spacial score (nSPS) is 15.8. The van der Waals surface area contributed by atoms with Crippen molar-refractivity contribution in [2.24, 2.45) is 5.92 Å². The third kappa shape index (κ3) is 5.05. The standard InChI is InChI=1S/C17H25NO3/c1-4-20-17(19)16(18-11-13-8-9-13)14-6-5-7-15(10-14)21-12(2)3/h5-7,10,12-13,16,18H,4,8-9,11H2,1-3H3. The molecule has 0 bridgehead atoms. The topological polar surface area (TPSA) is 47.6 Å². The fourth-order valence-electron chi connectivity index (χ4n) is 2.21. The molecule has 1 saturated carbocycles. The largest absolute Gasteiger partial charge is 0.491 e. The second-order valence-electron chi connectivity index (χ2n) is 5.78. The van der Waals surface area contributed by atoms with E-state index in [0.717, 1.165) is 17.9 Å². The van der Waals surface area contributed by atoms with Gasteiger partial charge in [0.2, 0.25) is 0 Å². The zero-order chi connectivity index (χ0) is 15.2. The van der Waals surface area contributed by atoms with Gasteiger partial charge in [0.05, 0.1) is 12.7 Å². The first-order chi connectivity index (χ1) is 10.1. The quantitative estimate of drug-likeness (QED) is 0.748. The van der Waals surface area contributed by atoms with Crippen molar-refractivity contribution in [2.75, 3.05) is 13.2 Å². The summed E-state index contributed by atoms with van der Waals surface area (Å²) in [4.78, 5) is 12.2. The summed E-state index contributed by atoms with van der Waals surface area (Å²) in [7, 11) is 0. The summed E-state index contributed by atoms with van der Waals surface area (Å²) < 4.78 is 10.9. The lowest BCUT2D eigenvalue weighted by atomic mass is 10.1. The van der Waals surface area contributed by atoms with E-state index in [4.69, 9.17) is 9.47 Å². The van der Waals surface area contributed by atoms with Crippen molar-refractivity contribution in [1.29, 1.82) is 0 Å². The molecule has 116 valence electrons. The summed E-state index contributed by atoms with van der Waals surface area (Å²) in [6.07, 6.45) is 2.61. The molecule has 1 aromatic carbocycles. The minimum Gasteiger partial charge on any atom is -0.491 e. The summed E-state index contributed by atoms with van der Waals surface area (Å²) >= 11 is 0. The zero-order valence-corrected chi connectivity index (χ0v) is 13.1. The van der Waals surface area contributed by atoms with Crippen LogP contribution in [-0.4, -0.2) is 25.2 Å². The summed E-state index contributed by atoms with van der Waals surface area (Å²) in [5.41, 5.74) is 0.896. The Bertz CT molecular complexity index is 469. The Balaban J connectivity index is 2.11. The van der Waals surface area contributed by atoms with Gasteiger partial charge in [-0.2, -0.15) is 0 Å². The lowest BCUT2D eigenvalue weighted by Crippen LogP contribution is -2.31. The maximum Gasteiger partial charge on any atom is 0.327 e. The van der Waals surface area contributed by atoms with E-state index in [1.807, 2.05) is 45.0 Å². The minimum absolute atomic E-state index is 0.112. The maximum atomic E-state index is 12.2. The second kappa shape index (κ2) is 7.46. The van der Waals surface area contributed by atoms with E-state index in [9.17, 15) is 4.79 Å². The summed E-state index contributed by atoms with van der Waals surface area (Å²) in [6.45, 7) is 7.05. The molecule has 0 aromatic heterocycles. The molecule has 1 fully saturated rings. The van der Waals surface area contributed by atoms with Crippen molar-refractivity contribution in [1.82, 2.24) is 5.32 Å². The van der Waals surface area contributed by atoms with Crippen molar-refractivity contribution in [3.8, 4) is 5.75 Å². The van der Waals surface area contributed by atoms with E-state index >= 15 is 0 Å². The van der Waals surface area contributed by atoms with Crippen molar-refractivity contribution in [2.45, 2.75) is 45.8 Å². The third-order valence-corrected chi connectivity index (χ3v) is 3.39. The van der Waals surface area contributed by atoms with Crippen LogP contribution in [0.15, 0.2) is 24.3 Å². The number of ether oxygens (including phenoxy) is 2. The Morgan fingerprint density at radius 3 is 2.76 bits per heavy atom. The number of hydrogen-bond acceptors (Lipinski definition) is 4. The van der Waals surface area contributed by atoms with Gasteiger partial charge in [0.1, 0.15) is 11.8 Å². The van der Waals surface area contributed by atoms with Gasteiger partial charge in [-0.3, -0.25) is 0 Å². The molecule has 1 aliphatic carbocycles. The lowest BCUT2D eigenvalue weighted by molar-refractivity contribution is -0.145. The van der Waals surface area contributed by atoms with Crippen molar-refractivity contribution in [3.63, 3.8) is 0 Å². The van der Waals surface area contributed by atoms with Crippen LogP contribution in [0.4, 0.5) is 0 Å².